The highest BCUT2D eigenvalue weighted by Gasteiger charge is 2.26. The molecule has 6 rings (SSSR count). The lowest BCUT2D eigenvalue weighted by Gasteiger charge is -2.35. The third-order valence-corrected chi connectivity index (χ3v) is 7.87. The van der Waals surface area contributed by atoms with Crippen molar-refractivity contribution >= 4 is 51.1 Å². The Morgan fingerprint density at radius 3 is 2.71 bits per heavy atom. The Kier molecular flexibility index (Phi) is 7.04. The zero-order valence-corrected chi connectivity index (χ0v) is 23.5. The van der Waals surface area contributed by atoms with Crippen LogP contribution in [-0.2, 0) is 11.3 Å². The summed E-state index contributed by atoms with van der Waals surface area (Å²) >= 11 is 6.84. The number of H-pyrrole nitrogens is 1. The first-order valence-electron chi connectivity index (χ1n) is 13.4. The maximum Gasteiger partial charge on any atom is 0.246 e. The number of aromatic nitrogens is 6. The lowest BCUT2D eigenvalue weighted by molar-refractivity contribution is -0.126. The lowest BCUT2D eigenvalue weighted by Crippen LogP contribution is -2.48. The van der Waals surface area contributed by atoms with E-state index in [1.54, 1.807) is 23.4 Å². The normalized spacial score (nSPS) is 13.8. The summed E-state index contributed by atoms with van der Waals surface area (Å²) in [5, 5.41) is 11.9. The van der Waals surface area contributed by atoms with Gasteiger partial charge < -0.3 is 19.7 Å². The molecule has 0 unspecified atom stereocenters. The highest BCUT2D eigenvalue weighted by Crippen LogP contribution is 2.42. The summed E-state index contributed by atoms with van der Waals surface area (Å²) in [6.45, 7) is 10.6. The molecule has 3 aromatic heterocycles. The number of hydrogen-bond acceptors (Lipinski definition) is 7. The van der Waals surface area contributed by atoms with Crippen molar-refractivity contribution in [1.82, 2.24) is 34.6 Å². The summed E-state index contributed by atoms with van der Waals surface area (Å²) in [4.78, 5) is 29.6. The number of fused-ring (bicyclic) bond motifs is 2. The molecule has 2 N–H and O–H groups in total. The van der Waals surface area contributed by atoms with Crippen LogP contribution < -0.4 is 10.2 Å². The second kappa shape index (κ2) is 10.8. The van der Waals surface area contributed by atoms with Crippen molar-refractivity contribution in [2.75, 3.05) is 42.9 Å². The van der Waals surface area contributed by atoms with E-state index < -0.39 is 5.82 Å². The Bertz CT molecular complexity index is 1790. The van der Waals surface area contributed by atoms with E-state index in [1.807, 2.05) is 41.6 Å². The quantitative estimate of drug-likeness (QED) is 0.271. The third-order valence-electron chi connectivity index (χ3n) is 7.57. The van der Waals surface area contributed by atoms with Crippen LogP contribution in [0.2, 0.25) is 5.02 Å². The van der Waals surface area contributed by atoms with Crippen LogP contribution in [0, 0.1) is 19.7 Å². The number of nitrogens with zero attached hydrogens (tertiary/aromatic N) is 7. The summed E-state index contributed by atoms with van der Waals surface area (Å²) in [5.41, 5.74) is 2.76. The van der Waals surface area contributed by atoms with Crippen molar-refractivity contribution in [3.63, 3.8) is 0 Å². The molecule has 1 aliphatic rings. The first-order chi connectivity index (χ1) is 19.9. The van der Waals surface area contributed by atoms with Gasteiger partial charge in [-0.2, -0.15) is 10.1 Å². The predicted molar refractivity (Wildman–Crippen MR) is 159 cm³/mol. The molecule has 0 spiro atoms. The Morgan fingerprint density at radius 1 is 1.17 bits per heavy atom. The number of rotatable bonds is 7. The summed E-state index contributed by atoms with van der Waals surface area (Å²) in [5.74, 6) is 1.12. The van der Waals surface area contributed by atoms with Gasteiger partial charge in [0.25, 0.3) is 0 Å². The number of piperazine rings is 1. The van der Waals surface area contributed by atoms with Gasteiger partial charge in [-0.1, -0.05) is 24.2 Å². The summed E-state index contributed by atoms with van der Waals surface area (Å²) < 4.78 is 18.7. The molecule has 1 fully saturated rings. The first kappa shape index (κ1) is 26.7. The number of amides is 1. The number of nitrogens with one attached hydrogen (secondary N) is 2. The molecule has 0 bridgehead atoms. The van der Waals surface area contributed by atoms with Gasteiger partial charge in [0.05, 0.1) is 16.7 Å². The number of carbonyl (C=O) groups excluding carboxylic acids is 1. The number of aryl methyl sites for hydroxylation is 2. The monoisotopic (exact) mass is 573 g/mol. The highest BCUT2D eigenvalue weighted by molar-refractivity contribution is 6.35. The fourth-order valence-electron chi connectivity index (χ4n) is 5.38. The molecule has 0 radical (unpaired) electrons. The predicted octanol–water partition coefficient (Wildman–Crippen LogP) is 4.73. The van der Waals surface area contributed by atoms with Crippen LogP contribution in [0.25, 0.3) is 32.9 Å². The van der Waals surface area contributed by atoms with E-state index in [0.717, 1.165) is 22.3 Å². The van der Waals surface area contributed by atoms with Gasteiger partial charge in [-0.15, -0.1) is 0 Å². The van der Waals surface area contributed by atoms with Crippen molar-refractivity contribution < 1.29 is 9.18 Å². The van der Waals surface area contributed by atoms with Gasteiger partial charge in [-0.05, 0) is 37.6 Å². The van der Waals surface area contributed by atoms with Crippen LogP contribution in [0.3, 0.4) is 0 Å². The summed E-state index contributed by atoms with van der Waals surface area (Å²) in [7, 11) is 0. The number of anilines is 2. The van der Waals surface area contributed by atoms with Gasteiger partial charge in [0.15, 0.2) is 5.82 Å². The van der Waals surface area contributed by atoms with Gasteiger partial charge >= 0.3 is 0 Å². The van der Waals surface area contributed by atoms with Crippen molar-refractivity contribution in [3.8, 4) is 11.1 Å². The van der Waals surface area contributed by atoms with E-state index in [4.69, 9.17) is 16.6 Å². The van der Waals surface area contributed by atoms with E-state index in [9.17, 15) is 4.79 Å². The minimum absolute atomic E-state index is 0.114. The van der Waals surface area contributed by atoms with Crippen LogP contribution in [0.4, 0.5) is 16.2 Å². The summed E-state index contributed by atoms with van der Waals surface area (Å²) in [6.07, 6.45) is 6.65. The molecule has 1 saturated heterocycles. The molecule has 1 aliphatic heterocycles. The SMILES string of the molecule is C=CC(=O)N1CCN(c2nc(NCCn3ccnc3C)nc3c(F)c(-c4c(C)ccc5[nH]ncc45)c(Cl)cc23)CC1. The van der Waals surface area contributed by atoms with Gasteiger partial charge in [0, 0.05) is 73.6 Å². The largest absolute Gasteiger partial charge is 0.352 e. The number of benzene rings is 2. The number of hydrogen-bond donors (Lipinski definition) is 2. The minimum Gasteiger partial charge on any atom is -0.352 e. The molecular formula is C29H29ClFN9O. The van der Waals surface area contributed by atoms with Crippen LogP contribution in [0.1, 0.15) is 11.4 Å². The topological polar surface area (TPSA) is 108 Å². The highest BCUT2D eigenvalue weighted by atomic mass is 35.5. The molecule has 5 aromatic rings. The number of halogens is 2. The van der Waals surface area contributed by atoms with E-state index in [1.165, 1.54) is 6.08 Å². The van der Waals surface area contributed by atoms with Gasteiger partial charge in [-0.25, -0.2) is 14.4 Å². The zero-order chi connectivity index (χ0) is 28.7. The van der Waals surface area contributed by atoms with Crippen molar-refractivity contribution in [2.45, 2.75) is 20.4 Å². The van der Waals surface area contributed by atoms with E-state index in [2.05, 4.69) is 32.1 Å². The number of carbonyl (C=O) groups is 1. The molecule has 0 aliphatic carbocycles. The minimum atomic E-state index is -0.526. The van der Waals surface area contributed by atoms with E-state index in [0.29, 0.717) is 62.0 Å². The molecular weight excluding hydrogens is 545 g/mol. The summed E-state index contributed by atoms with van der Waals surface area (Å²) in [6, 6.07) is 5.56. The number of imidazole rings is 1. The Morgan fingerprint density at radius 2 is 1.98 bits per heavy atom. The average molecular weight is 574 g/mol. The Labute approximate surface area is 240 Å². The van der Waals surface area contributed by atoms with E-state index in [-0.39, 0.29) is 22.0 Å². The fraction of sp³-hybridized carbons (Fsp3) is 0.276. The molecule has 210 valence electrons. The van der Waals surface area contributed by atoms with Gasteiger partial charge in [-0.3, -0.25) is 9.89 Å². The van der Waals surface area contributed by atoms with Crippen molar-refractivity contribution in [2.24, 2.45) is 0 Å². The van der Waals surface area contributed by atoms with Gasteiger partial charge in [0.2, 0.25) is 11.9 Å². The van der Waals surface area contributed by atoms with Crippen LogP contribution in [0.5, 0.6) is 0 Å². The second-order valence-corrected chi connectivity index (χ2v) is 10.4. The maximum absolute atomic E-state index is 16.6. The first-order valence-corrected chi connectivity index (χ1v) is 13.7. The molecule has 0 atom stereocenters. The standard InChI is InChI=1S/C29H29ClFN9O/c1-4-23(41)39-11-13-40(14-12-39)28-19-15-21(30)25(24-17(2)5-6-22-20(24)16-34-37-22)26(31)27(19)35-29(36-28)33-8-10-38-9-7-32-18(38)3/h4-7,9,15-16H,1,8,10-14H2,2-3H3,(H,34,37)(H,33,35,36). The fourth-order valence-corrected chi connectivity index (χ4v) is 5.67. The molecule has 4 heterocycles. The average Bonchev–Trinajstić information content (AvgIpc) is 3.62. The smallest absolute Gasteiger partial charge is 0.246 e. The Balaban J connectivity index is 1.45. The number of aromatic amines is 1. The zero-order valence-electron chi connectivity index (χ0n) is 22.8. The Hall–Kier alpha value is -4.51. The van der Waals surface area contributed by atoms with Crippen LogP contribution in [0.15, 0.2) is 49.4 Å². The molecule has 2 aromatic carbocycles. The van der Waals surface area contributed by atoms with Crippen molar-refractivity contribution in [1.29, 1.82) is 0 Å². The molecule has 41 heavy (non-hydrogen) atoms. The molecule has 12 heteroatoms. The third kappa shape index (κ3) is 4.86. The maximum atomic E-state index is 16.6. The molecule has 0 saturated carbocycles. The van der Waals surface area contributed by atoms with E-state index >= 15 is 4.39 Å². The molecule has 1 amide bonds. The lowest BCUT2D eigenvalue weighted by atomic mass is 9.95. The molecule has 10 nitrogen and oxygen atoms in total. The second-order valence-electron chi connectivity index (χ2n) is 10.0. The van der Waals surface area contributed by atoms with Gasteiger partial charge in [0.1, 0.15) is 17.2 Å². The van der Waals surface area contributed by atoms with Crippen molar-refractivity contribution in [3.05, 3.63) is 71.7 Å². The van der Waals surface area contributed by atoms with Crippen LogP contribution in [-0.4, -0.2) is 73.2 Å². The van der Waals surface area contributed by atoms with Crippen LogP contribution >= 0.6 is 11.6 Å².